The van der Waals surface area contributed by atoms with Crippen LogP contribution in [0.15, 0.2) is 151 Å². The van der Waals surface area contributed by atoms with Crippen molar-refractivity contribution in [1.82, 2.24) is 0 Å². The monoisotopic (exact) mass is 712 g/mol. The molecule has 0 atom stereocenters. The van der Waals surface area contributed by atoms with Crippen LogP contribution in [0.4, 0.5) is 0 Å². The quantitative estimate of drug-likeness (QED) is 0.147. The SMILES string of the molecule is Cc1cc2c3c(c1)-c1cc4oc5ccccc5c4c4c1c(cc1oc5ccccc5c14)B3c1cc3oc4ccccc4c3c3c1c-2cc1oc2ccccc2c13. The molecule has 4 aromatic heterocycles. The molecule has 56 heavy (non-hydrogen) atoms. The third-order valence-corrected chi connectivity index (χ3v) is 13.0. The Hall–Kier alpha value is -7.24. The minimum atomic E-state index is -0.0907. The van der Waals surface area contributed by atoms with E-state index in [1.165, 1.54) is 65.8 Å². The van der Waals surface area contributed by atoms with Crippen molar-refractivity contribution in [3.63, 3.8) is 0 Å². The molecular weight excluding hydrogens is 687 g/mol. The van der Waals surface area contributed by atoms with Crippen molar-refractivity contribution >= 4 is 132 Å². The molecule has 0 saturated carbocycles. The first-order valence-electron chi connectivity index (χ1n) is 19.3. The summed E-state index contributed by atoms with van der Waals surface area (Å²) in [5.41, 5.74) is 17.0. The lowest BCUT2D eigenvalue weighted by atomic mass is 9.31. The smallest absolute Gasteiger partial charge is 0.244 e. The highest BCUT2D eigenvalue weighted by molar-refractivity contribution is 7.02. The van der Waals surface area contributed by atoms with Gasteiger partial charge in [0.05, 0.1) is 0 Å². The van der Waals surface area contributed by atoms with E-state index in [2.05, 4.69) is 140 Å². The van der Waals surface area contributed by atoms with Gasteiger partial charge in [-0.25, -0.2) is 0 Å². The lowest BCUT2D eigenvalue weighted by molar-refractivity contribution is 0.668. The number of aryl methyl sites for hydroxylation is 1. The Balaban J connectivity index is 1.23. The van der Waals surface area contributed by atoms with Crippen molar-refractivity contribution < 1.29 is 17.7 Å². The maximum absolute atomic E-state index is 6.84. The molecule has 0 spiro atoms. The standard InChI is InChI=1S/C51H25BO4/c1-24-18-31-29-20-39-45(25-10-2-6-14-35(25)53-39)49-43(29)33(22-41-47(49)27-12-4-8-16-37(27)55-41)52-34-23-42-48(28-13-5-9-17-38(28)56-42)50-44(34)30(32(19-24)51(31)52)21-40-46(50)26-11-3-7-15-36(26)54-40/h2-23H,1H3. The van der Waals surface area contributed by atoms with Gasteiger partial charge in [-0.15, -0.1) is 0 Å². The summed E-state index contributed by atoms with van der Waals surface area (Å²) in [5.74, 6) is 0. The third kappa shape index (κ3) is 3.13. The van der Waals surface area contributed by atoms with Gasteiger partial charge in [-0.1, -0.05) is 101 Å². The highest BCUT2D eigenvalue weighted by Crippen LogP contribution is 2.50. The van der Waals surface area contributed by atoms with E-state index >= 15 is 0 Å². The van der Waals surface area contributed by atoms with E-state index < -0.39 is 0 Å². The minimum absolute atomic E-state index is 0.0907. The molecule has 0 aliphatic carbocycles. The number of fused-ring (bicyclic) bond motifs is 20. The fraction of sp³-hybridized carbons (Fsp3) is 0.0196. The molecule has 0 N–H and O–H groups in total. The van der Waals surface area contributed by atoms with Crippen LogP contribution in [-0.2, 0) is 0 Å². The summed E-state index contributed by atoms with van der Waals surface area (Å²) in [6, 6.07) is 47.8. The second-order valence-electron chi connectivity index (χ2n) is 15.9. The molecule has 0 amide bonds. The first-order chi connectivity index (χ1) is 27.7. The van der Waals surface area contributed by atoms with Crippen molar-refractivity contribution in [2.75, 3.05) is 0 Å². The van der Waals surface area contributed by atoms with E-state index in [0.29, 0.717) is 0 Å². The molecule has 6 heterocycles. The fourth-order valence-corrected chi connectivity index (χ4v) is 11.1. The summed E-state index contributed by atoms with van der Waals surface area (Å²) in [6.07, 6.45) is 0. The van der Waals surface area contributed by atoms with E-state index in [-0.39, 0.29) is 6.71 Å². The van der Waals surface area contributed by atoms with Crippen LogP contribution in [0.2, 0.25) is 0 Å². The average Bonchev–Trinajstić information content (AvgIpc) is 3.99. The molecule has 4 nitrogen and oxygen atoms in total. The van der Waals surface area contributed by atoms with Crippen molar-refractivity contribution in [3.05, 3.63) is 139 Å². The number of furan rings is 4. The minimum Gasteiger partial charge on any atom is -0.456 e. The zero-order chi connectivity index (χ0) is 36.1. The van der Waals surface area contributed by atoms with Gasteiger partial charge in [0.15, 0.2) is 0 Å². The number of para-hydroxylation sites is 4. The van der Waals surface area contributed by atoms with Gasteiger partial charge in [-0.05, 0) is 94.0 Å². The van der Waals surface area contributed by atoms with Crippen molar-refractivity contribution in [2.24, 2.45) is 0 Å². The number of hydrogen-bond donors (Lipinski definition) is 0. The molecule has 0 fully saturated rings. The fourth-order valence-electron chi connectivity index (χ4n) is 11.1. The molecule has 2 aliphatic rings. The van der Waals surface area contributed by atoms with E-state index in [0.717, 1.165) is 87.8 Å². The molecular formula is C51H25BO4. The van der Waals surface area contributed by atoms with Crippen LogP contribution in [0.25, 0.3) is 132 Å². The summed E-state index contributed by atoms with van der Waals surface area (Å²) in [7, 11) is 0. The van der Waals surface area contributed by atoms with Crippen LogP contribution in [-0.4, -0.2) is 6.71 Å². The van der Waals surface area contributed by atoms with Crippen LogP contribution in [0.5, 0.6) is 0 Å². The van der Waals surface area contributed by atoms with Gasteiger partial charge in [0.25, 0.3) is 0 Å². The van der Waals surface area contributed by atoms with E-state index in [1.807, 2.05) is 0 Å². The lowest BCUT2D eigenvalue weighted by Gasteiger charge is -2.34. The molecule has 0 unspecified atom stereocenters. The van der Waals surface area contributed by atoms with Gasteiger partial charge in [0, 0.05) is 53.9 Å². The van der Waals surface area contributed by atoms with Crippen LogP contribution >= 0.6 is 0 Å². The third-order valence-electron chi connectivity index (χ3n) is 13.0. The van der Waals surface area contributed by atoms with E-state index in [1.54, 1.807) is 0 Å². The number of rotatable bonds is 0. The summed E-state index contributed by atoms with van der Waals surface area (Å²) in [6.45, 7) is 2.14. The Morgan fingerprint density at radius 2 is 0.661 bits per heavy atom. The summed E-state index contributed by atoms with van der Waals surface area (Å²) >= 11 is 0. The average molecular weight is 713 g/mol. The largest absolute Gasteiger partial charge is 0.456 e. The Bertz CT molecular complexity index is 3720. The molecule has 2 aliphatic heterocycles. The molecule has 13 aromatic rings. The molecule has 15 rings (SSSR count). The summed E-state index contributed by atoms with van der Waals surface area (Å²) in [4.78, 5) is 0. The van der Waals surface area contributed by atoms with Crippen molar-refractivity contribution in [1.29, 1.82) is 0 Å². The first-order valence-corrected chi connectivity index (χ1v) is 19.3. The maximum atomic E-state index is 6.84. The molecule has 0 saturated heterocycles. The highest BCUT2D eigenvalue weighted by Gasteiger charge is 2.42. The van der Waals surface area contributed by atoms with E-state index in [9.17, 15) is 0 Å². The number of benzene rings is 9. The second kappa shape index (κ2) is 9.34. The normalized spacial score (nSPS) is 13.4. The molecule has 256 valence electrons. The second-order valence-corrected chi connectivity index (χ2v) is 15.9. The van der Waals surface area contributed by atoms with Gasteiger partial charge in [-0.2, -0.15) is 0 Å². The predicted octanol–water partition coefficient (Wildman–Crippen LogP) is 12.4. The maximum Gasteiger partial charge on any atom is 0.244 e. The van der Waals surface area contributed by atoms with Crippen LogP contribution < -0.4 is 16.4 Å². The Morgan fingerprint density at radius 1 is 0.321 bits per heavy atom. The van der Waals surface area contributed by atoms with Gasteiger partial charge < -0.3 is 17.7 Å². The first kappa shape index (κ1) is 28.2. The summed E-state index contributed by atoms with van der Waals surface area (Å²) < 4.78 is 27.2. The molecule has 0 radical (unpaired) electrons. The van der Waals surface area contributed by atoms with Gasteiger partial charge in [0.1, 0.15) is 44.7 Å². The topological polar surface area (TPSA) is 52.6 Å². The van der Waals surface area contributed by atoms with Crippen molar-refractivity contribution in [3.8, 4) is 22.3 Å². The Kier molecular flexibility index (Phi) is 4.71. The van der Waals surface area contributed by atoms with Gasteiger partial charge in [0.2, 0.25) is 6.71 Å². The summed E-state index contributed by atoms with van der Waals surface area (Å²) in [5, 5.41) is 13.9. The predicted molar refractivity (Wildman–Crippen MR) is 231 cm³/mol. The van der Waals surface area contributed by atoms with Gasteiger partial charge >= 0.3 is 0 Å². The zero-order valence-electron chi connectivity index (χ0n) is 29.9. The zero-order valence-corrected chi connectivity index (χ0v) is 29.9. The van der Waals surface area contributed by atoms with E-state index in [4.69, 9.17) is 17.7 Å². The van der Waals surface area contributed by atoms with Gasteiger partial charge in [-0.3, -0.25) is 0 Å². The van der Waals surface area contributed by atoms with Crippen molar-refractivity contribution in [2.45, 2.75) is 6.92 Å². The molecule has 5 heteroatoms. The molecule has 9 aromatic carbocycles. The lowest BCUT2D eigenvalue weighted by Crippen LogP contribution is -2.57. The number of hydrogen-bond acceptors (Lipinski definition) is 4. The Labute approximate surface area is 317 Å². The Morgan fingerprint density at radius 3 is 1.04 bits per heavy atom. The molecule has 0 bridgehead atoms. The van der Waals surface area contributed by atoms with Crippen LogP contribution in [0, 0.1) is 6.92 Å². The highest BCUT2D eigenvalue weighted by atomic mass is 16.3. The van der Waals surface area contributed by atoms with Crippen LogP contribution in [0.1, 0.15) is 5.56 Å². The van der Waals surface area contributed by atoms with Crippen LogP contribution in [0.3, 0.4) is 0 Å².